The molecule has 0 saturated carbocycles. The maximum absolute atomic E-state index is 11.6. The molecule has 0 radical (unpaired) electrons. The number of nitrogens with one attached hydrogen (secondary N) is 1. The minimum absolute atomic E-state index is 0.0921. The summed E-state index contributed by atoms with van der Waals surface area (Å²) < 4.78 is 0. The molecule has 1 unspecified atom stereocenters. The molecule has 1 aromatic rings. The fraction of sp³-hybridized carbons (Fsp3) is 0.417. The summed E-state index contributed by atoms with van der Waals surface area (Å²) in [6.07, 6.45) is 1.11. The Labute approximate surface area is 101 Å². The number of hydrogen-bond acceptors (Lipinski definition) is 2. The molecule has 3 nitrogen and oxygen atoms in total. The molecule has 0 aromatic heterocycles. The quantitative estimate of drug-likeness (QED) is 0.850. The van der Waals surface area contributed by atoms with Crippen molar-refractivity contribution in [2.45, 2.75) is 32.7 Å². The Balaban J connectivity index is 2.70. The molecule has 0 fully saturated rings. The van der Waals surface area contributed by atoms with Gasteiger partial charge in [-0.25, -0.2) is 0 Å². The summed E-state index contributed by atoms with van der Waals surface area (Å²) in [4.78, 5) is 11.6. The zero-order chi connectivity index (χ0) is 12.1. The molecule has 0 bridgehead atoms. The molecule has 0 saturated heterocycles. The Hall–Kier alpha value is -1.06. The number of halogens is 1. The summed E-state index contributed by atoms with van der Waals surface area (Å²) in [7, 11) is 0. The van der Waals surface area contributed by atoms with Crippen LogP contribution < -0.4 is 11.1 Å². The second kappa shape index (κ2) is 5.87. The van der Waals surface area contributed by atoms with Crippen molar-refractivity contribution in [3.63, 3.8) is 0 Å². The highest BCUT2D eigenvalue weighted by Crippen LogP contribution is 2.25. The average molecular weight is 241 g/mol. The zero-order valence-electron chi connectivity index (χ0n) is 9.59. The van der Waals surface area contributed by atoms with Crippen molar-refractivity contribution in [3.8, 4) is 0 Å². The second-order valence-electron chi connectivity index (χ2n) is 3.85. The van der Waals surface area contributed by atoms with Crippen molar-refractivity contribution in [1.29, 1.82) is 0 Å². The number of aryl methyl sites for hydroxylation is 1. The van der Waals surface area contributed by atoms with Gasteiger partial charge in [-0.2, -0.15) is 0 Å². The second-order valence-corrected chi connectivity index (χ2v) is 4.26. The van der Waals surface area contributed by atoms with E-state index in [1.807, 2.05) is 26.0 Å². The van der Waals surface area contributed by atoms with E-state index in [9.17, 15) is 4.79 Å². The third kappa shape index (κ3) is 3.51. The lowest BCUT2D eigenvalue weighted by Gasteiger charge is -2.12. The van der Waals surface area contributed by atoms with Crippen LogP contribution in [0.5, 0.6) is 0 Å². The van der Waals surface area contributed by atoms with Gasteiger partial charge in [0, 0.05) is 12.5 Å². The third-order valence-corrected chi connectivity index (χ3v) is 2.77. The summed E-state index contributed by atoms with van der Waals surface area (Å²) in [5.41, 5.74) is 7.34. The molecular weight excluding hydrogens is 224 g/mol. The van der Waals surface area contributed by atoms with E-state index in [2.05, 4.69) is 5.32 Å². The van der Waals surface area contributed by atoms with E-state index in [1.165, 1.54) is 0 Å². The Morgan fingerprint density at radius 3 is 2.81 bits per heavy atom. The molecule has 1 aromatic carbocycles. The van der Waals surface area contributed by atoms with E-state index in [0.717, 1.165) is 12.0 Å². The standard InChI is InChI=1S/C12H17ClN2O/c1-3-9(14)7-11(16)15-12-8(2)5-4-6-10(12)13/h4-6,9H,3,7,14H2,1-2H3,(H,15,16). The van der Waals surface area contributed by atoms with Gasteiger partial charge in [-0.3, -0.25) is 4.79 Å². The molecule has 0 aliphatic carbocycles. The third-order valence-electron chi connectivity index (χ3n) is 2.46. The molecule has 88 valence electrons. The maximum atomic E-state index is 11.6. The number of carbonyl (C=O) groups is 1. The van der Waals surface area contributed by atoms with Crippen LogP contribution in [0.3, 0.4) is 0 Å². The smallest absolute Gasteiger partial charge is 0.225 e. The lowest BCUT2D eigenvalue weighted by molar-refractivity contribution is -0.116. The fourth-order valence-electron chi connectivity index (χ4n) is 1.36. The van der Waals surface area contributed by atoms with E-state index < -0.39 is 0 Å². The van der Waals surface area contributed by atoms with Crippen LogP contribution in [0.1, 0.15) is 25.3 Å². The zero-order valence-corrected chi connectivity index (χ0v) is 10.3. The molecule has 3 N–H and O–H groups in total. The van der Waals surface area contributed by atoms with Gasteiger partial charge in [0.15, 0.2) is 0 Å². The lowest BCUT2D eigenvalue weighted by atomic mass is 10.1. The van der Waals surface area contributed by atoms with Gasteiger partial charge in [0.25, 0.3) is 0 Å². The molecule has 4 heteroatoms. The predicted octanol–water partition coefficient (Wildman–Crippen LogP) is 2.71. The Morgan fingerprint density at radius 1 is 1.56 bits per heavy atom. The normalized spacial score (nSPS) is 12.2. The Bertz CT molecular complexity index is 359. The van der Waals surface area contributed by atoms with Crippen LogP contribution in [0.25, 0.3) is 0 Å². The molecule has 1 rings (SSSR count). The van der Waals surface area contributed by atoms with E-state index >= 15 is 0 Å². The van der Waals surface area contributed by atoms with Crippen molar-refractivity contribution < 1.29 is 4.79 Å². The number of anilines is 1. The number of rotatable bonds is 4. The number of carbonyl (C=O) groups excluding carboxylic acids is 1. The lowest BCUT2D eigenvalue weighted by Crippen LogP contribution is -2.26. The van der Waals surface area contributed by atoms with Crippen LogP contribution in [0.4, 0.5) is 5.69 Å². The van der Waals surface area contributed by atoms with Gasteiger partial charge < -0.3 is 11.1 Å². The van der Waals surface area contributed by atoms with E-state index in [4.69, 9.17) is 17.3 Å². The van der Waals surface area contributed by atoms with Crippen molar-refractivity contribution in [2.24, 2.45) is 5.73 Å². The van der Waals surface area contributed by atoms with Gasteiger partial charge >= 0.3 is 0 Å². The van der Waals surface area contributed by atoms with Crippen LogP contribution in [0, 0.1) is 6.92 Å². The highest BCUT2D eigenvalue weighted by atomic mass is 35.5. The Kier molecular flexibility index (Phi) is 4.77. The first kappa shape index (κ1) is 13.0. The SMILES string of the molecule is CCC(N)CC(=O)Nc1c(C)cccc1Cl. The number of benzene rings is 1. The van der Waals surface area contributed by atoms with Gasteiger partial charge in [0.2, 0.25) is 5.91 Å². The minimum Gasteiger partial charge on any atom is -0.327 e. The molecule has 0 aliphatic heterocycles. The fourth-order valence-corrected chi connectivity index (χ4v) is 1.63. The average Bonchev–Trinajstić information content (AvgIpc) is 2.23. The van der Waals surface area contributed by atoms with Crippen LogP contribution >= 0.6 is 11.6 Å². The number of amides is 1. The molecule has 0 aliphatic rings. The van der Waals surface area contributed by atoms with Gasteiger partial charge in [0.05, 0.1) is 10.7 Å². The number of hydrogen-bond donors (Lipinski definition) is 2. The highest BCUT2D eigenvalue weighted by molar-refractivity contribution is 6.33. The van der Waals surface area contributed by atoms with Crippen molar-refractivity contribution in [3.05, 3.63) is 28.8 Å². The molecule has 0 heterocycles. The van der Waals surface area contributed by atoms with E-state index in [-0.39, 0.29) is 11.9 Å². The first-order chi connectivity index (χ1) is 7.54. The molecule has 1 amide bonds. The largest absolute Gasteiger partial charge is 0.327 e. The highest BCUT2D eigenvalue weighted by Gasteiger charge is 2.10. The maximum Gasteiger partial charge on any atom is 0.225 e. The van der Waals surface area contributed by atoms with E-state index in [0.29, 0.717) is 17.1 Å². The topological polar surface area (TPSA) is 55.1 Å². The van der Waals surface area contributed by atoms with Gasteiger partial charge in [-0.05, 0) is 25.0 Å². The Morgan fingerprint density at radius 2 is 2.25 bits per heavy atom. The first-order valence-electron chi connectivity index (χ1n) is 5.35. The molecule has 1 atom stereocenters. The van der Waals surface area contributed by atoms with Gasteiger partial charge in [-0.15, -0.1) is 0 Å². The van der Waals surface area contributed by atoms with E-state index in [1.54, 1.807) is 6.07 Å². The molecule has 16 heavy (non-hydrogen) atoms. The number of nitrogens with two attached hydrogens (primary N) is 1. The van der Waals surface area contributed by atoms with Crippen LogP contribution in [-0.4, -0.2) is 11.9 Å². The van der Waals surface area contributed by atoms with Crippen LogP contribution in [-0.2, 0) is 4.79 Å². The van der Waals surface area contributed by atoms with Crippen LogP contribution in [0.15, 0.2) is 18.2 Å². The van der Waals surface area contributed by atoms with Crippen molar-refractivity contribution in [1.82, 2.24) is 0 Å². The molecular formula is C12H17ClN2O. The van der Waals surface area contributed by atoms with Gasteiger partial charge in [0.1, 0.15) is 0 Å². The monoisotopic (exact) mass is 240 g/mol. The first-order valence-corrected chi connectivity index (χ1v) is 5.73. The van der Waals surface area contributed by atoms with Gasteiger partial charge in [-0.1, -0.05) is 30.7 Å². The summed E-state index contributed by atoms with van der Waals surface area (Å²) in [6, 6.07) is 5.42. The minimum atomic E-state index is -0.0946. The van der Waals surface area contributed by atoms with Crippen molar-refractivity contribution in [2.75, 3.05) is 5.32 Å². The van der Waals surface area contributed by atoms with Crippen LogP contribution in [0.2, 0.25) is 5.02 Å². The molecule has 0 spiro atoms. The number of para-hydroxylation sites is 1. The summed E-state index contributed by atoms with van der Waals surface area (Å²) in [5, 5.41) is 3.35. The van der Waals surface area contributed by atoms with Crippen molar-refractivity contribution >= 4 is 23.2 Å². The summed E-state index contributed by atoms with van der Waals surface area (Å²) in [6.45, 7) is 3.86. The predicted molar refractivity (Wildman–Crippen MR) is 67.7 cm³/mol. The summed E-state index contributed by atoms with van der Waals surface area (Å²) in [5.74, 6) is -0.0921. The summed E-state index contributed by atoms with van der Waals surface area (Å²) >= 11 is 6.00.